The number of carboxylic acids is 1. The molecule has 104 valence electrons. The summed E-state index contributed by atoms with van der Waals surface area (Å²) in [5.41, 5.74) is -1.76. The van der Waals surface area contributed by atoms with E-state index in [1.54, 1.807) is 0 Å². The van der Waals surface area contributed by atoms with Gasteiger partial charge in [-0.15, -0.1) is 0 Å². The fourth-order valence-corrected chi connectivity index (χ4v) is 1.46. The van der Waals surface area contributed by atoms with Gasteiger partial charge in [-0.25, -0.2) is 4.79 Å². The second-order valence-corrected chi connectivity index (χ2v) is 4.38. The fraction of sp³-hybridized carbons (Fsp3) is 0.800. The summed E-state index contributed by atoms with van der Waals surface area (Å²) >= 11 is 0. The summed E-state index contributed by atoms with van der Waals surface area (Å²) in [4.78, 5) is 21.3. The van der Waals surface area contributed by atoms with Crippen LogP contribution >= 0.6 is 0 Å². The van der Waals surface area contributed by atoms with Gasteiger partial charge in [0, 0.05) is 19.5 Å². The van der Waals surface area contributed by atoms with Crippen molar-refractivity contribution in [2.24, 2.45) is 5.41 Å². The molecule has 1 saturated carbocycles. The topological polar surface area (TPSA) is 78.4 Å². The van der Waals surface area contributed by atoms with Gasteiger partial charge in [0.15, 0.2) is 0 Å². The molecule has 0 aromatic rings. The number of urea groups is 1. The van der Waals surface area contributed by atoms with E-state index in [2.05, 4.69) is 10.6 Å². The molecule has 0 radical (unpaired) electrons. The molecule has 8 heteroatoms. The van der Waals surface area contributed by atoms with Crippen LogP contribution in [0, 0.1) is 5.41 Å². The zero-order valence-electron chi connectivity index (χ0n) is 9.64. The Kier molecular flexibility index (Phi) is 4.42. The second kappa shape index (κ2) is 5.45. The Morgan fingerprint density at radius 1 is 1.22 bits per heavy atom. The Morgan fingerprint density at radius 2 is 1.83 bits per heavy atom. The van der Waals surface area contributed by atoms with E-state index in [1.807, 2.05) is 0 Å². The van der Waals surface area contributed by atoms with E-state index in [0.29, 0.717) is 0 Å². The molecule has 0 heterocycles. The highest BCUT2D eigenvalue weighted by molar-refractivity contribution is 5.74. The highest BCUT2D eigenvalue weighted by Crippen LogP contribution is 2.56. The molecule has 0 bridgehead atoms. The Hall–Kier alpha value is -1.47. The maximum Gasteiger partial charge on any atom is 0.396 e. The third kappa shape index (κ3) is 4.08. The highest BCUT2D eigenvalue weighted by atomic mass is 19.4. The van der Waals surface area contributed by atoms with Gasteiger partial charge in [-0.3, -0.25) is 4.79 Å². The number of hydrogen-bond acceptors (Lipinski definition) is 2. The fourth-order valence-electron chi connectivity index (χ4n) is 1.46. The van der Waals surface area contributed by atoms with Crippen LogP contribution in [0.5, 0.6) is 0 Å². The quantitative estimate of drug-likeness (QED) is 0.639. The lowest BCUT2D eigenvalue weighted by molar-refractivity contribution is -0.184. The molecule has 0 aromatic carbocycles. The summed E-state index contributed by atoms with van der Waals surface area (Å²) < 4.78 is 37.5. The van der Waals surface area contributed by atoms with Crippen molar-refractivity contribution in [3.63, 3.8) is 0 Å². The van der Waals surface area contributed by atoms with Crippen molar-refractivity contribution in [1.82, 2.24) is 10.6 Å². The zero-order chi connectivity index (χ0) is 13.8. The Morgan fingerprint density at radius 3 is 2.28 bits per heavy atom. The number of carbonyl (C=O) groups is 2. The van der Waals surface area contributed by atoms with E-state index >= 15 is 0 Å². The molecule has 1 fully saturated rings. The minimum Gasteiger partial charge on any atom is -0.481 e. The van der Waals surface area contributed by atoms with Gasteiger partial charge in [-0.1, -0.05) is 0 Å². The summed E-state index contributed by atoms with van der Waals surface area (Å²) in [5, 5.41) is 12.8. The van der Waals surface area contributed by atoms with Crippen molar-refractivity contribution >= 4 is 12.0 Å². The number of alkyl halides is 3. The number of aliphatic carboxylic acids is 1. The summed E-state index contributed by atoms with van der Waals surface area (Å²) in [7, 11) is 0. The maximum atomic E-state index is 12.5. The molecule has 0 atom stereocenters. The lowest BCUT2D eigenvalue weighted by atomic mass is 10.1. The second-order valence-electron chi connectivity index (χ2n) is 4.38. The predicted octanol–water partition coefficient (Wildman–Crippen LogP) is 1.49. The monoisotopic (exact) mass is 268 g/mol. The third-order valence-electron chi connectivity index (χ3n) is 2.90. The molecule has 0 aliphatic heterocycles. The molecule has 18 heavy (non-hydrogen) atoms. The molecular formula is C10H15F3N2O3. The first-order valence-corrected chi connectivity index (χ1v) is 5.57. The van der Waals surface area contributed by atoms with Crippen molar-refractivity contribution in [2.45, 2.75) is 31.9 Å². The van der Waals surface area contributed by atoms with Crippen molar-refractivity contribution in [3.05, 3.63) is 0 Å². The molecule has 0 aromatic heterocycles. The molecule has 0 saturated heterocycles. The van der Waals surface area contributed by atoms with E-state index in [9.17, 15) is 22.8 Å². The van der Waals surface area contributed by atoms with Gasteiger partial charge >= 0.3 is 18.2 Å². The number of halogens is 3. The van der Waals surface area contributed by atoms with Crippen LogP contribution in [0.3, 0.4) is 0 Å². The van der Waals surface area contributed by atoms with Gasteiger partial charge in [0.25, 0.3) is 0 Å². The normalized spacial score (nSPS) is 17.1. The van der Waals surface area contributed by atoms with Crippen molar-refractivity contribution in [3.8, 4) is 0 Å². The minimum absolute atomic E-state index is 0.0375. The summed E-state index contributed by atoms with van der Waals surface area (Å²) in [6.07, 6.45) is -4.06. The Bertz CT molecular complexity index is 327. The molecule has 5 nitrogen and oxygen atoms in total. The van der Waals surface area contributed by atoms with Crippen LogP contribution in [0.25, 0.3) is 0 Å². The molecule has 2 amide bonds. The number of carbonyl (C=O) groups excluding carboxylic acids is 1. The zero-order valence-corrected chi connectivity index (χ0v) is 9.64. The lowest BCUT2D eigenvalue weighted by Gasteiger charge is -2.19. The summed E-state index contributed by atoms with van der Waals surface area (Å²) in [6, 6.07) is -0.698. The number of nitrogens with one attached hydrogen (secondary N) is 2. The van der Waals surface area contributed by atoms with Crippen LogP contribution in [0.1, 0.15) is 25.7 Å². The average Bonchev–Trinajstić information content (AvgIpc) is 3.01. The molecule has 0 spiro atoms. The van der Waals surface area contributed by atoms with Crippen LogP contribution in [0.15, 0.2) is 0 Å². The molecule has 1 aliphatic carbocycles. The largest absolute Gasteiger partial charge is 0.481 e. The van der Waals surface area contributed by atoms with Crippen LogP contribution < -0.4 is 10.6 Å². The maximum absolute atomic E-state index is 12.5. The minimum atomic E-state index is -4.29. The summed E-state index contributed by atoms with van der Waals surface area (Å²) in [6.45, 7) is -0.307. The number of carboxylic acid groups (broad SMARTS) is 1. The smallest absolute Gasteiger partial charge is 0.396 e. The van der Waals surface area contributed by atoms with Gasteiger partial charge < -0.3 is 15.7 Å². The summed E-state index contributed by atoms with van der Waals surface area (Å²) in [5.74, 6) is -0.980. The first-order valence-electron chi connectivity index (χ1n) is 5.57. The van der Waals surface area contributed by atoms with E-state index in [0.717, 1.165) is 0 Å². The molecule has 1 rings (SSSR count). The van der Waals surface area contributed by atoms with Gasteiger partial charge in [-0.05, 0) is 19.3 Å². The lowest BCUT2D eigenvalue weighted by Crippen LogP contribution is -2.43. The standard InChI is InChI=1S/C10H15F3N2O3/c11-10(12,13)9(3-4-9)6-15-8(18)14-5-1-2-7(16)17/h1-6H2,(H,16,17)(H2,14,15,18). The Labute approximate surface area is 102 Å². The molecule has 3 N–H and O–H groups in total. The SMILES string of the molecule is O=C(O)CCCNC(=O)NCC1(C(F)(F)F)CC1. The first-order chi connectivity index (χ1) is 8.27. The van der Waals surface area contributed by atoms with Crippen molar-refractivity contribution in [1.29, 1.82) is 0 Å². The highest BCUT2D eigenvalue weighted by Gasteiger charge is 2.63. The van der Waals surface area contributed by atoms with Gasteiger partial charge in [0.2, 0.25) is 0 Å². The molecule has 0 unspecified atom stereocenters. The van der Waals surface area contributed by atoms with Crippen molar-refractivity contribution < 1.29 is 27.9 Å². The van der Waals surface area contributed by atoms with Crippen LogP contribution in [0.4, 0.5) is 18.0 Å². The Balaban J connectivity index is 2.16. The first kappa shape index (κ1) is 14.6. The van der Waals surface area contributed by atoms with Crippen molar-refractivity contribution in [2.75, 3.05) is 13.1 Å². The molecule has 1 aliphatic rings. The van der Waals surface area contributed by atoms with Gasteiger partial charge in [-0.2, -0.15) is 13.2 Å². The van der Waals surface area contributed by atoms with Crippen LogP contribution in [-0.2, 0) is 4.79 Å². The molecular weight excluding hydrogens is 253 g/mol. The van der Waals surface area contributed by atoms with Crippen LogP contribution in [0.2, 0.25) is 0 Å². The van der Waals surface area contributed by atoms with E-state index in [4.69, 9.17) is 5.11 Å². The van der Waals surface area contributed by atoms with E-state index in [1.165, 1.54) is 0 Å². The van der Waals surface area contributed by atoms with Gasteiger partial charge in [0.1, 0.15) is 0 Å². The number of hydrogen-bond donors (Lipinski definition) is 3. The predicted molar refractivity (Wildman–Crippen MR) is 56.0 cm³/mol. The number of rotatable bonds is 6. The van der Waals surface area contributed by atoms with E-state index in [-0.39, 0.29) is 32.2 Å². The van der Waals surface area contributed by atoms with E-state index < -0.39 is 30.1 Å². The average molecular weight is 268 g/mol. The van der Waals surface area contributed by atoms with Gasteiger partial charge in [0.05, 0.1) is 5.41 Å². The number of amides is 2. The third-order valence-corrected chi connectivity index (χ3v) is 2.90. The van der Waals surface area contributed by atoms with Crippen LogP contribution in [-0.4, -0.2) is 36.4 Å².